The number of hydrogen-bond acceptors (Lipinski definition) is 5. The van der Waals surface area contributed by atoms with Crippen molar-refractivity contribution >= 4 is 0 Å². The van der Waals surface area contributed by atoms with E-state index in [0.717, 1.165) is 36.3 Å². The van der Waals surface area contributed by atoms with Crippen LogP contribution in [0.5, 0.6) is 11.5 Å². The summed E-state index contributed by atoms with van der Waals surface area (Å²) in [4.78, 5) is 0. The number of methoxy groups -OCH3 is 2. The quantitative estimate of drug-likeness (QED) is 0.777. The molecular weight excluding hydrogens is 258 g/mol. The second kappa shape index (κ2) is 7.47. The molecule has 0 aliphatic carbocycles. The number of hydrogen-bond donors (Lipinski definition) is 1. The van der Waals surface area contributed by atoms with Crippen LogP contribution in [0.1, 0.15) is 30.9 Å². The van der Waals surface area contributed by atoms with E-state index in [0.29, 0.717) is 13.2 Å². The summed E-state index contributed by atoms with van der Waals surface area (Å²) >= 11 is 0. The smallest absolute Gasteiger partial charge is 0.161 e. The Kier molecular flexibility index (Phi) is 5.64. The molecule has 0 aromatic heterocycles. The maximum Gasteiger partial charge on any atom is 0.161 e. The molecular formula is C15H23NO4. The first-order valence-corrected chi connectivity index (χ1v) is 6.97. The van der Waals surface area contributed by atoms with Gasteiger partial charge >= 0.3 is 0 Å². The Hall–Kier alpha value is -1.30. The Balaban J connectivity index is 1.95. The number of benzene rings is 1. The van der Waals surface area contributed by atoms with Crippen LogP contribution in [-0.4, -0.2) is 33.7 Å². The highest BCUT2D eigenvalue weighted by atomic mass is 16.7. The normalized spacial score (nSPS) is 21.9. The van der Waals surface area contributed by atoms with Gasteiger partial charge in [-0.05, 0) is 37.1 Å². The van der Waals surface area contributed by atoms with E-state index < -0.39 is 0 Å². The lowest BCUT2D eigenvalue weighted by molar-refractivity contribution is -0.134. The highest BCUT2D eigenvalue weighted by Gasteiger charge is 2.27. The molecule has 0 bridgehead atoms. The van der Waals surface area contributed by atoms with Crippen molar-refractivity contribution < 1.29 is 18.9 Å². The third kappa shape index (κ3) is 3.62. The summed E-state index contributed by atoms with van der Waals surface area (Å²) in [5.74, 6) is 1.45. The lowest BCUT2D eigenvalue weighted by Gasteiger charge is -2.16. The van der Waals surface area contributed by atoms with Crippen molar-refractivity contribution in [2.45, 2.75) is 31.7 Å². The Morgan fingerprint density at radius 2 is 2.00 bits per heavy atom. The molecule has 2 N–H and O–H groups in total. The van der Waals surface area contributed by atoms with Crippen LogP contribution in [0.25, 0.3) is 0 Å². The van der Waals surface area contributed by atoms with Crippen LogP contribution in [0, 0.1) is 0 Å². The van der Waals surface area contributed by atoms with Crippen LogP contribution in [0.4, 0.5) is 0 Å². The van der Waals surface area contributed by atoms with Gasteiger partial charge in [0.05, 0.1) is 26.9 Å². The second-order valence-corrected chi connectivity index (χ2v) is 4.76. The lowest BCUT2D eigenvalue weighted by Crippen LogP contribution is -2.14. The molecule has 0 unspecified atom stereocenters. The van der Waals surface area contributed by atoms with Gasteiger partial charge in [-0.15, -0.1) is 0 Å². The molecule has 5 nitrogen and oxygen atoms in total. The highest BCUT2D eigenvalue weighted by Crippen LogP contribution is 2.37. The fourth-order valence-electron chi connectivity index (χ4n) is 2.33. The van der Waals surface area contributed by atoms with Crippen molar-refractivity contribution in [2.24, 2.45) is 5.73 Å². The number of rotatable bonds is 7. The number of ether oxygens (including phenoxy) is 4. The van der Waals surface area contributed by atoms with Crippen LogP contribution < -0.4 is 15.2 Å². The van der Waals surface area contributed by atoms with Gasteiger partial charge in [0.1, 0.15) is 0 Å². The largest absolute Gasteiger partial charge is 0.493 e. The first kappa shape index (κ1) is 15.1. The zero-order chi connectivity index (χ0) is 14.4. The minimum atomic E-state index is -0.125. The van der Waals surface area contributed by atoms with Gasteiger partial charge in [0.15, 0.2) is 17.8 Å². The van der Waals surface area contributed by atoms with Gasteiger partial charge in [-0.3, -0.25) is 0 Å². The topological polar surface area (TPSA) is 62.9 Å². The second-order valence-electron chi connectivity index (χ2n) is 4.76. The van der Waals surface area contributed by atoms with Gasteiger partial charge in [0.25, 0.3) is 0 Å². The molecule has 1 aromatic rings. The van der Waals surface area contributed by atoms with Crippen molar-refractivity contribution in [3.63, 3.8) is 0 Å². The van der Waals surface area contributed by atoms with Crippen molar-refractivity contribution in [3.8, 4) is 11.5 Å². The SMILES string of the molecule is COc1ccc([C@H]2CC[C@H](OCCCN)O2)cc1OC. The summed E-state index contributed by atoms with van der Waals surface area (Å²) in [6.45, 7) is 1.30. The molecule has 5 heteroatoms. The fourth-order valence-corrected chi connectivity index (χ4v) is 2.33. The summed E-state index contributed by atoms with van der Waals surface area (Å²) in [6, 6.07) is 5.88. The van der Waals surface area contributed by atoms with Gasteiger partial charge in [-0.2, -0.15) is 0 Å². The molecule has 0 radical (unpaired) electrons. The van der Waals surface area contributed by atoms with E-state index in [1.54, 1.807) is 14.2 Å². The van der Waals surface area contributed by atoms with E-state index in [9.17, 15) is 0 Å². The monoisotopic (exact) mass is 281 g/mol. The van der Waals surface area contributed by atoms with Crippen LogP contribution >= 0.6 is 0 Å². The molecule has 1 saturated heterocycles. The van der Waals surface area contributed by atoms with Crippen molar-refractivity contribution in [1.82, 2.24) is 0 Å². The summed E-state index contributed by atoms with van der Waals surface area (Å²) in [7, 11) is 3.26. The van der Waals surface area contributed by atoms with Gasteiger partial charge in [0.2, 0.25) is 0 Å². The molecule has 2 atom stereocenters. The molecule has 2 rings (SSSR count). The molecule has 0 saturated carbocycles. The van der Waals surface area contributed by atoms with Crippen molar-refractivity contribution in [1.29, 1.82) is 0 Å². The molecule has 0 amide bonds. The summed E-state index contributed by atoms with van der Waals surface area (Å²) in [5, 5.41) is 0. The molecule has 1 aliphatic heterocycles. The first-order chi connectivity index (χ1) is 9.78. The van der Waals surface area contributed by atoms with Gasteiger partial charge in [-0.25, -0.2) is 0 Å². The summed E-state index contributed by atoms with van der Waals surface area (Å²) in [6.07, 6.45) is 2.64. The standard InChI is InChI=1S/C15H23NO4/c1-17-13-5-4-11(10-14(13)18-2)12-6-7-15(20-12)19-9-3-8-16/h4-5,10,12,15H,3,6-9,16H2,1-2H3/t12-,15-/m1/s1. The van der Waals surface area contributed by atoms with Crippen molar-refractivity contribution in [3.05, 3.63) is 23.8 Å². The van der Waals surface area contributed by atoms with E-state index in [1.807, 2.05) is 18.2 Å². The first-order valence-electron chi connectivity index (χ1n) is 6.97. The average molecular weight is 281 g/mol. The Morgan fingerprint density at radius 1 is 1.20 bits per heavy atom. The lowest BCUT2D eigenvalue weighted by atomic mass is 10.1. The Labute approximate surface area is 120 Å². The van der Waals surface area contributed by atoms with Crippen LogP contribution in [-0.2, 0) is 9.47 Å². The van der Waals surface area contributed by atoms with Gasteiger partial charge in [0, 0.05) is 6.42 Å². The predicted molar refractivity (Wildman–Crippen MR) is 76.0 cm³/mol. The third-order valence-electron chi connectivity index (χ3n) is 3.41. The van der Waals surface area contributed by atoms with Crippen LogP contribution in [0.2, 0.25) is 0 Å². The molecule has 1 fully saturated rings. The highest BCUT2D eigenvalue weighted by molar-refractivity contribution is 5.43. The predicted octanol–water partition coefficient (Wildman–Crippen LogP) is 2.25. The fraction of sp³-hybridized carbons (Fsp3) is 0.600. The Morgan fingerprint density at radius 3 is 2.70 bits per heavy atom. The summed E-state index contributed by atoms with van der Waals surface area (Å²) < 4.78 is 22.1. The zero-order valence-corrected chi connectivity index (χ0v) is 12.1. The minimum absolute atomic E-state index is 0.0534. The maximum atomic E-state index is 5.91. The summed E-state index contributed by atoms with van der Waals surface area (Å²) in [5.41, 5.74) is 6.53. The molecule has 0 spiro atoms. The van der Waals surface area contributed by atoms with Gasteiger partial charge < -0.3 is 24.7 Å². The zero-order valence-electron chi connectivity index (χ0n) is 12.1. The molecule has 1 aromatic carbocycles. The van der Waals surface area contributed by atoms with E-state index in [2.05, 4.69) is 0 Å². The van der Waals surface area contributed by atoms with E-state index in [-0.39, 0.29) is 12.4 Å². The van der Waals surface area contributed by atoms with E-state index in [4.69, 9.17) is 24.7 Å². The number of nitrogens with two attached hydrogens (primary N) is 1. The molecule has 1 aliphatic rings. The minimum Gasteiger partial charge on any atom is -0.493 e. The maximum absolute atomic E-state index is 5.91. The van der Waals surface area contributed by atoms with E-state index in [1.165, 1.54) is 0 Å². The molecule has 20 heavy (non-hydrogen) atoms. The molecule has 1 heterocycles. The van der Waals surface area contributed by atoms with Gasteiger partial charge in [-0.1, -0.05) is 6.07 Å². The molecule has 112 valence electrons. The third-order valence-corrected chi connectivity index (χ3v) is 3.41. The van der Waals surface area contributed by atoms with Crippen LogP contribution in [0.3, 0.4) is 0 Å². The Bertz CT molecular complexity index is 424. The average Bonchev–Trinajstić information content (AvgIpc) is 2.95. The van der Waals surface area contributed by atoms with Crippen molar-refractivity contribution in [2.75, 3.05) is 27.4 Å². The van der Waals surface area contributed by atoms with E-state index >= 15 is 0 Å². The van der Waals surface area contributed by atoms with Crippen LogP contribution in [0.15, 0.2) is 18.2 Å².